The second-order valence-corrected chi connectivity index (χ2v) is 20.7. The van der Waals surface area contributed by atoms with Gasteiger partial charge in [-0.25, -0.2) is 0 Å². The maximum absolute atomic E-state index is 8.79. The summed E-state index contributed by atoms with van der Waals surface area (Å²) in [6.45, 7) is 31.4. The van der Waals surface area contributed by atoms with Crippen molar-refractivity contribution in [1.29, 1.82) is 0 Å². The molecule has 0 radical (unpaired) electrons. The summed E-state index contributed by atoms with van der Waals surface area (Å²) in [4.78, 5) is 5.05. The maximum atomic E-state index is 8.79. The zero-order valence-corrected chi connectivity index (χ0v) is 56.4. The molecule has 0 unspecified atom stereocenters. The SMILES string of the molecule is CCCCN(CCO)CCCC.CCCCN(CCO)CCCC.CCCCN(CCO)CCCC.CCCCN(CCO)CCCC.OC(O)C(Cl)Cl.OC(O)C(Cl)Cl.OC(O)C(Cl)Cl.OC(O)C(Cl)Cl.[Cu+].[Cu+].[Cu+].[Cu+]. The first-order valence-corrected chi connectivity index (χ1v) is 29.4. The van der Waals surface area contributed by atoms with Crippen LogP contribution in [-0.4, -0.2) is 230 Å². The van der Waals surface area contributed by atoms with E-state index in [2.05, 4.69) is 75.0 Å². The van der Waals surface area contributed by atoms with E-state index in [4.69, 9.17) is 154 Å². The molecule has 0 bridgehead atoms. The van der Waals surface area contributed by atoms with Crippen LogP contribution in [0.5, 0.6) is 0 Å². The Kier molecular flexibility index (Phi) is 131. The minimum atomic E-state index is -1.62. The first kappa shape index (κ1) is 108. The minimum absolute atomic E-state index is 0. The van der Waals surface area contributed by atoms with E-state index < -0.39 is 44.5 Å². The molecule has 0 aliphatic rings. The number of halogens is 8. The smallest absolute Gasteiger partial charge is 0.395 e. The third kappa shape index (κ3) is 113. The van der Waals surface area contributed by atoms with Crippen molar-refractivity contribution in [3.8, 4) is 0 Å². The predicted octanol–water partition coefficient (Wildman–Crippen LogP) is 7.92. The number of rotatable bonds is 36. The van der Waals surface area contributed by atoms with Crippen molar-refractivity contribution < 1.29 is 130 Å². The van der Waals surface area contributed by atoms with Crippen LogP contribution in [0, 0.1) is 0 Å². The summed E-state index contributed by atoms with van der Waals surface area (Å²) in [5, 5.41) is 98.5. The second-order valence-electron chi connectivity index (χ2n) is 16.1. The second kappa shape index (κ2) is 92.5. The van der Waals surface area contributed by atoms with Crippen LogP contribution in [-0.2, 0) is 68.3 Å². The molecule has 76 heavy (non-hydrogen) atoms. The van der Waals surface area contributed by atoms with Crippen molar-refractivity contribution in [1.82, 2.24) is 19.6 Å². The Hall–Kier alpha value is 3.76. The molecule has 12 N–H and O–H groups in total. The largest absolute Gasteiger partial charge is 1.00 e. The van der Waals surface area contributed by atoms with Gasteiger partial charge >= 0.3 is 68.3 Å². The van der Waals surface area contributed by atoms with E-state index in [0.29, 0.717) is 26.4 Å². The van der Waals surface area contributed by atoms with Crippen molar-refractivity contribution >= 4 is 92.8 Å². The van der Waals surface area contributed by atoms with Gasteiger partial charge in [-0.15, -0.1) is 0 Å². The van der Waals surface area contributed by atoms with Gasteiger partial charge in [0.15, 0.2) is 44.5 Å². The van der Waals surface area contributed by atoms with Gasteiger partial charge < -0.3 is 80.9 Å². The molecule has 28 heteroatoms. The van der Waals surface area contributed by atoms with Crippen molar-refractivity contribution in [2.45, 2.75) is 203 Å². The molecule has 0 saturated heterocycles. The van der Waals surface area contributed by atoms with Gasteiger partial charge in [-0.2, -0.15) is 0 Å². The average Bonchev–Trinajstić information content (AvgIpc) is 3.33. The molecular weight excluding hydrogens is 1360 g/mol. The zero-order valence-electron chi connectivity index (χ0n) is 46.6. The summed E-state index contributed by atoms with van der Waals surface area (Å²) in [5.74, 6) is 0. The van der Waals surface area contributed by atoms with Crippen LogP contribution in [0.15, 0.2) is 0 Å². The monoisotopic (exact) mass is 1460 g/mol. The first-order valence-electron chi connectivity index (χ1n) is 25.9. The number of aliphatic hydroxyl groups excluding tert-OH is 8. The number of aliphatic hydroxyl groups is 12. The van der Waals surface area contributed by atoms with Gasteiger partial charge in [0.05, 0.1) is 26.4 Å². The molecular formula is C48H108Cl8Cu4N4O12+4. The predicted molar refractivity (Wildman–Crippen MR) is 308 cm³/mol. The van der Waals surface area contributed by atoms with Gasteiger partial charge in [-0.05, 0) is 104 Å². The molecule has 0 aromatic rings. The van der Waals surface area contributed by atoms with Crippen LogP contribution in [0.3, 0.4) is 0 Å². The summed E-state index contributed by atoms with van der Waals surface area (Å²) < 4.78 is 0. The Morgan fingerprint density at radius 1 is 0.237 bits per heavy atom. The molecule has 0 spiro atoms. The number of alkyl halides is 8. The molecule has 0 aliphatic heterocycles. The Labute approximate surface area is 544 Å². The topological polar surface area (TPSA) is 256 Å². The van der Waals surface area contributed by atoms with Gasteiger partial charge in [-0.3, -0.25) is 0 Å². The van der Waals surface area contributed by atoms with Gasteiger partial charge in [0, 0.05) is 26.2 Å². The van der Waals surface area contributed by atoms with Gasteiger partial charge in [0.2, 0.25) is 0 Å². The third-order valence-corrected chi connectivity index (χ3v) is 11.0. The van der Waals surface area contributed by atoms with Gasteiger partial charge in [0.25, 0.3) is 0 Å². The molecule has 0 fully saturated rings. The molecule has 488 valence electrons. The van der Waals surface area contributed by atoms with Crippen LogP contribution in [0.25, 0.3) is 0 Å². The van der Waals surface area contributed by atoms with Crippen molar-refractivity contribution in [2.75, 3.05) is 105 Å². The van der Waals surface area contributed by atoms with Crippen molar-refractivity contribution in [3.05, 3.63) is 0 Å². The van der Waals surface area contributed by atoms with E-state index in [1.54, 1.807) is 0 Å². The molecule has 0 atom stereocenters. The number of hydrogen-bond donors (Lipinski definition) is 12. The van der Waals surface area contributed by atoms with E-state index in [1.807, 2.05) is 0 Å². The average molecular weight is 1470 g/mol. The standard InChI is InChI=1S/4C10H23NO.4C2H4Cl2O2.4Cu/c4*1-3-5-7-11(9-10-12)8-6-4-2;4*3-1(4)2(5)6;;;;/h4*12H,3-10H2,1-2H3;4*1-2,5-6H;;;;/q;;;;;;;;4*+1. The quantitative estimate of drug-likeness (QED) is 0.0162. The summed E-state index contributed by atoms with van der Waals surface area (Å²) in [5.41, 5.74) is 0. The third-order valence-electron chi connectivity index (χ3n) is 9.19. The van der Waals surface area contributed by atoms with Gasteiger partial charge in [-0.1, -0.05) is 200 Å². The first-order chi connectivity index (χ1) is 34.0. The molecule has 0 rings (SSSR count). The van der Waals surface area contributed by atoms with E-state index in [0.717, 1.165) is 78.5 Å². The summed E-state index contributed by atoms with van der Waals surface area (Å²) in [7, 11) is 0. The van der Waals surface area contributed by atoms with Crippen LogP contribution >= 0.6 is 92.8 Å². The zero-order chi connectivity index (χ0) is 57.6. The molecule has 0 aliphatic carbocycles. The normalized spacial score (nSPS) is 10.4. The molecule has 16 nitrogen and oxygen atoms in total. The van der Waals surface area contributed by atoms with Crippen LogP contribution in [0.1, 0.15) is 158 Å². The summed E-state index contributed by atoms with van der Waals surface area (Å²) in [6, 6.07) is 0. The molecule has 0 aromatic carbocycles. The summed E-state index contributed by atoms with van der Waals surface area (Å²) >= 11 is 39.0. The maximum Gasteiger partial charge on any atom is 1.00 e. The fraction of sp³-hybridized carbons (Fsp3) is 1.00. The fourth-order valence-corrected chi connectivity index (χ4v) is 4.96. The molecule has 0 saturated carbocycles. The Morgan fingerprint density at radius 3 is 0.382 bits per heavy atom. The van der Waals surface area contributed by atoms with Crippen molar-refractivity contribution in [3.63, 3.8) is 0 Å². The van der Waals surface area contributed by atoms with Crippen LogP contribution in [0.4, 0.5) is 0 Å². The number of hydrogen-bond acceptors (Lipinski definition) is 16. The van der Waals surface area contributed by atoms with Crippen molar-refractivity contribution in [2.24, 2.45) is 0 Å². The Morgan fingerprint density at radius 2 is 0.329 bits per heavy atom. The van der Waals surface area contributed by atoms with E-state index in [-0.39, 0.29) is 68.3 Å². The van der Waals surface area contributed by atoms with Crippen LogP contribution in [0.2, 0.25) is 0 Å². The molecule has 0 heterocycles. The van der Waals surface area contributed by atoms with E-state index >= 15 is 0 Å². The fourth-order valence-electron chi connectivity index (χ4n) is 4.96. The molecule has 0 aromatic heterocycles. The minimum Gasteiger partial charge on any atom is -0.395 e. The number of unbranched alkanes of at least 4 members (excludes halogenated alkanes) is 8. The number of nitrogens with zero attached hydrogens (tertiary/aromatic N) is 4. The Bertz CT molecular complexity index is 744. The van der Waals surface area contributed by atoms with E-state index in [9.17, 15) is 0 Å². The van der Waals surface area contributed by atoms with E-state index in [1.165, 1.54) is 103 Å². The van der Waals surface area contributed by atoms with Crippen LogP contribution < -0.4 is 0 Å². The van der Waals surface area contributed by atoms with Gasteiger partial charge in [0.1, 0.15) is 0 Å². The summed E-state index contributed by atoms with van der Waals surface area (Å²) in [6.07, 6.45) is 13.5. The molecule has 0 amide bonds. The Balaban J connectivity index is -0.0000000623.